The molecule has 152 valence electrons. The van der Waals surface area contributed by atoms with E-state index in [1.807, 2.05) is 0 Å². The third kappa shape index (κ3) is 4.75. The highest BCUT2D eigenvalue weighted by Crippen LogP contribution is 2.30. The zero-order chi connectivity index (χ0) is 20.8. The molecule has 0 fully saturated rings. The first-order valence-corrected chi connectivity index (χ1v) is 8.98. The number of benzene rings is 2. The van der Waals surface area contributed by atoms with Crippen molar-refractivity contribution in [2.75, 3.05) is 42.8 Å². The smallest absolute Gasteiger partial charge is 0.322 e. The minimum atomic E-state index is -0.439. The number of amides is 4. The van der Waals surface area contributed by atoms with Gasteiger partial charge in [-0.15, -0.1) is 0 Å². The van der Waals surface area contributed by atoms with Gasteiger partial charge in [0.15, 0.2) is 11.5 Å². The van der Waals surface area contributed by atoms with Crippen molar-refractivity contribution in [1.29, 1.82) is 0 Å². The highest BCUT2D eigenvalue weighted by atomic mass is 16.5. The van der Waals surface area contributed by atoms with Crippen molar-refractivity contribution in [2.45, 2.75) is 6.42 Å². The summed E-state index contributed by atoms with van der Waals surface area (Å²) in [6.07, 6.45) is 0.0712. The number of carbonyl (C=O) groups is 3. The molecule has 4 amide bonds. The molecule has 3 rings (SSSR count). The Kier molecular flexibility index (Phi) is 6.18. The highest BCUT2D eigenvalue weighted by Gasteiger charge is 2.26. The number of hydrogen-bond donors (Lipinski definition) is 3. The van der Waals surface area contributed by atoms with E-state index in [1.54, 1.807) is 42.5 Å². The standard InChI is InChI=1S/C20H22N4O5/c1-28-16-8-7-13(11-17(16)29-2)22-18(25)9-10-21-20(27)24-12-19(26)23-14-5-3-4-6-15(14)24/h3-8,11H,9-10,12H2,1-2H3,(H,21,27)(H,22,25)(H,23,26). The van der Waals surface area contributed by atoms with E-state index in [4.69, 9.17) is 9.47 Å². The first-order valence-electron chi connectivity index (χ1n) is 8.98. The molecule has 2 aromatic carbocycles. The topological polar surface area (TPSA) is 109 Å². The number of anilines is 3. The molecule has 9 heteroatoms. The van der Waals surface area contributed by atoms with Crippen LogP contribution in [0.5, 0.6) is 11.5 Å². The normalized spacial score (nSPS) is 12.5. The number of nitrogens with one attached hydrogen (secondary N) is 3. The van der Waals surface area contributed by atoms with Gasteiger partial charge in [0.2, 0.25) is 11.8 Å². The molecule has 0 saturated heterocycles. The first-order chi connectivity index (χ1) is 14.0. The Labute approximate surface area is 168 Å². The molecule has 0 spiro atoms. The lowest BCUT2D eigenvalue weighted by molar-refractivity contribution is -0.116. The molecule has 0 atom stereocenters. The summed E-state index contributed by atoms with van der Waals surface area (Å²) in [7, 11) is 3.04. The molecule has 0 aromatic heterocycles. The van der Waals surface area contributed by atoms with E-state index in [-0.39, 0.29) is 31.3 Å². The molecular weight excluding hydrogens is 376 g/mol. The Morgan fingerprint density at radius 3 is 2.62 bits per heavy atom. The Morgan fingerprint density at radius 2 is 1.86 bits per heavy atom. The molecule has 0 saturated carbocycles. The van der Waals surface area contributed by atoms with Gasteiger partial charge in [-0.25, -0.2) is 4.79 Å². The van der Waals surface area contributed by atoms with Gasteiger partial charge < -0.3 is 25.4 Å². The maximum Gasteiger partial charge on any atom is 0.322 e. The van der Waals surface area contributed by atoms with Crippen LogP contribution < -0.4 is 30.3 Å². The van der Waals surface area contributed by atoms with Gasteiger partial charge in [-0.1, -0.05) is 12.1 Å². The van der Waals surface area contributed by atoms with Crippen molar-refractivity contribution in [3.63, 3.8) is 0 Å². The number of urea groups is 1. The second kappa shape index (κ2) is 8.96. The average molecular weight is 398 g/mol. The van der Waals surface area contributed by atoms with Crippen LogP contribution in [0.4, 0.5) is 21.9 Å². The summed E-state index contributed by atoms with van der Waals surface area (Å²) in [5.74, 6) is 0.517. The quantitative estimate of drug-likeness (QED) is 0.691. The van der Waals surface area contributed by atoms with Gasteiger partial charge in [0.1, 0.15) is 6.54 Å². The Morgan fingerprint density at radius 1 is 1.10 bits per heavy atom. The van der Waals surface area contributed by atoms with Crippen molar-refractivity contribution in [1.82, 2.24) is 5.32 Å². The Hall–Kier alpha value is -3.75. The summed E-state index contributed by atoms with van der Waals surface area (Å²) in [5, 5.41) is 8.13. The van der Waals surface area contributed by atoms with E-state index in [1.165, 1.54) is 19.1 Å². The summed E-state index contributed by atoms with van der Waals surface area (Å²) in [4.78, 5) is 37.8. The van der Waals surface area contributed by atoms with Gasteiger partial charge in [-0.05, 0) is 24.3 Å². The summed E-state index contributed by atoms with van der Waals surface area (Å²) in [6, 6.07) is 11.6. The lowest BCUT2D eigenvalue weighted by Crippen LogP contribution is -2.47. The fraction of sp³-hybridized carbons (Fsp3) is 0.250. The van der Waals surface area contributed by atoms with Crippen molar-refractivity contribution >= 4 is 34.9 Å². The molecule has 0 aliphatic carbocycles. The van der Waals surface area contributed by atoms with E-state index in [9.17, 15) is 14.4 Å². The molecule has 2 aromatic rings. The molecule has 0 radical (unpaired) electrons. The zero-order valence-corrected chi connectivity index (χ0v) is 16.2. The van der Waals surface area contributed by atoms with Gasteiger partial charge in [-0.3, -0.25) is 14.5 Å². The van der Waals surface area contributed by atoms with Gasteiger partial charge in [0.05, 0.1) is 25.6 Å². The van der Waals surface area contributed by atoms with Crippen LogP contribution in [-0.2, 0) is 9.59 Å². The van der Waals surface area contributed by atoms with E-state index < -0.39 is 6.03 Å². The summed E-state index contributed by atoms with van der Waals surface area (Å²) in [6.45, 7) is 0.0406. The van der Waals surface area contributed by atoms with Crippen molar-refractivity contribution < 1.29 is 23.9 Å². The molecule has 3 N–H and O–H groups in total. The molecule has 0 unspecified atom stereocenters. The number of ether oxygens (including phenoxy) is 2. The van der Waals surface area contributed by atoms with E-state index in [0.29, 0.717) is 28.6 Å². The minimum Gasteiger partial charge on any atom is -0.493 e. The SMILES string of the molecule is COc1ccc(NC(=O)CCNC(=O)N2CC(=O)Nc3ccccc32)cc1OC. The molecule has 29 heavy (non-hydrogen) atoms. The third-order valence-corrected chi connectivity index (χ3v) is 4.31. The predicted molar refractivity (Wildman–Crippen MR) is 109 cm³/mol. The summed E-state index contributed by atoms with van der Waals surface area (Å²) < 4.78 is 10.4. The lowest BCUT2D eigenvalue weighted by Gasteiger charge is -2.29. The predicted octanol–water partition coefficient (Wildman–Crippen LogP) is 2.20. The summed E-state index contributed by atoms with van der Waals surface area (Å²) >= 11 is 0. The Bertz CT molecular complexity index is 931. The molecule has 1 aliphatic rings. The van der Waals surface area contributed by atoms with Gasteiger partial charge >= 0.3 is 6.03 Å². The fourth-order valence-electron chi connectivity index (χ4n) is 2.93. The lowest BCUT2D eigenvalue weighted by atomic mass is 10.2. The van der Waals surface area contributed by atoms with Crippen LogP contribution in [0, 0.1) is 0 Å². The van der Waals surface area contributed by atoms with Crippen LogP contribution in [0.2, 0.25) is 0 Å². The average Bonchev–Trinajstić information content (AvgIpc) is 2.72. The highest BCUT2D eigenvalue weighted by molar-refractivity contribution is 6.09. The number of rotatable bonds is 6. The van der Waals surface area contributed by atoms with Crippen LogP contribution >= 0.6 is 0 Å². The van der Waals surface area contributed by atoms with Gasteiger partial charge in [-0.2, -0.15) is 0 Å². The van der Waals surface area contributed by atoms with Crippen LogP contribution in [0.3, 0.4) is 0 Å². The van der Waals surface area contributed by atoms with Crippen molar-refractivity contribution in [3.05, 3.63) is 42.5 Å². The van der Waals surface area contributed by atoms with Crippen LogP contribution in [0.15, 0.2) is 42.5 Å². The first kappa shape index (κ1) is 20.0. The second-order valence-electron chi connectivity index (χ2n) is 6.25. The zero-order valence-electron chi connectivity index (χ0n) is 16.2. The summed E-state index contributed by atoms with van der Waals surface area (Å²) in [5.41, 5.74) is 1.74. The molecular formula is C20H22N4O5. The van der Waals surface area contributed by atoms with Crippen molar-refractivity contribution in [2.24, 2.45) is 0 Å². The maximum atomic E-state index is 12.5. The fourth-order valence-corrected chi connectivity index (χ4v) is 2.93. The third-order valence-electron chi connectivity index (χ3n) is 4.31. The van der Waals surface area contributed by atoms with E-state index in [0.717, 1.165) is 0 Å². The second-order valence-corrected chi connectivity index (χ2v) is 6.25. The minimum absolute atomic E-state index is 0.0712. The number of hydrogen-bond acceptors (Lipinski definition) is 5. The van der Waals surface area contributed by atoms with Crippen LogP contribution in [-0.4, -0.2) is 45.2 Å². The monoisotopic (exact) mass is 398 g/mol. The van der Waals surface area contributed by atoms with Crippen LogP contribution in [0.25, 0.3) is 0 Å². The maximum absolute atomic E-state index is 12.5. The van der Waals surface area contributed by atoms with Crippen molar-refractivity contribution in [3.8, 4) is 11.5 Å². The van der Waals surface area contributed by atoms with E-state index >= 15 is 0 Å². The number of nitrogens with zero attached hydrogens (tertiary/aromatic N) is 1. The number of fused-ring (bicyclic) bond motifs is 1. The molecule has 0 bridgehead atoms. The number of methoxy groups -OCH3 is 2. The Balaban J connectivity index is 1.53. The number of para-hydroxylation sites is 2. The van der Waals surface area contributed by atoms with E-state index in [2.05, 4.69) is 16.0 Å². The van der Waals surface area contributed by atoms with Crippen LogP contribution in [0.1, 0.15) is 6.42 Å². The van der Waals surface area contributed by atoms with Gasteiger partial charge in [0.25, 0.3) is 0 Å². The number of carbonyl (C=O) groups excluding carboxylic acids is 3. The largest absolute Gasteiger partial charge is 0.493 e. The molecule has 9 nitrogen and oxygen atoms in total. The molecule has 1 heterocycles. The van der Waals surface area contributed by atoms with Gasteiger partial charge in [0, 0.05) is 24.7 Å². The molecule has 1 aliphatic heterocycles.